The first-order chi connectivity index (χ1) is 13.8. The second-order valence-electron chi connectivity index (χ2n) is 6.67. The molecule has 0 unspecified atom stereocenters. The highest BCUT2D eigenvalue weighted by atomic mass is 32.1. The van der Waals surface area contributed by atoms with Gasteiger partial charge in [0, 0.05) is 28.2 Å². The van der Waals surface area contributed by atoms with Crippen LogP contribution in [0.2, 0.25) is 0 Å². The number of esters is 1. The largest absolute Gasteiger partial charge is 0.465 e. The molecule has 0 bridgehead atoms. The number of thiazole rings is 1. The highest BCUT2D eigenvalue weighted by molar-refractivity contribution is 7.21. The summed E-state index contributed by atoms with van der Waals surface area (Å²) in [6.45, 7) is 5.73. The lowest BCUT2D eigenvalue weighted by Crippen LogP contribution is -2.14. The van der Waals surface area contributed by atoms with Gasteiger partial charge in [-0.25, -0.2) is 18.2 Å². The monoisotopic (exact) mass is 418 g/mol. The van der Waals surface area contributed by atoms with Crippen LogP contribution in [0.5, 0.6) is 0 Å². The molecule has 0 saturated heterocycles. The van der Waals surface area contributed by atoms with Gasteiger partial charge < -0.3 is 9.30 Å². The van der Waals surface area contributed by atoms with Crippen molar-refractivity contribution < 1.29 is 22.7 Å². The first-order valence-electron chi connectivity index (χ1n) is 9.01. The highest BCUT2D eigenvalue weighted by Crippen LogP contribution is 2.41. The number of aryl methyl sites for hydroxylation is 1. The van der Waals surface area contributed by atoms with E-state index in [4.69, 9.17) is 4.74 Å². The predicted octanol–water partition coefficient (Wildman–Crippen LogP) is 5.52. The van der Waals surface area contributed by atoms with E-state index in [-0.39, 0.29) is 29.3 Å². The summed E-state index contributed by atoms with van der Waals surface area (Å²) in [4.78, 5) is 16.3. The summed E-state index contributed by atoms with van der Waals surface area (Å²) < 4.78 is 48.9. The zero-order chi connectivity index (χ0) is 20.9. The van der Waals surface area contributed by atoms with Crippen LogP contribution < -0.4 is 0 Å². The van der Waals surface area contributed by atoms with Crippen molar-refractivity contribution in [1.82, 2.24) is 9.55 Å². The van der Waals surface area contributed by atoms with Crippen LogP contribution in [0, 0.1) is 31.3 Å². The maximum Gasteiger partial charge on any atom is 0.325 e. The van der Waals surface area contributed by atoms with Crippen molar-refractivity contribution in [2.75, 3.05) is 6.61 Å². The minimum absolute atomic E-state index is 0.00186. The van der Waals surface area contributed by atoms with Crippen molar-refractivity contribution in [3.63, 3.8) is 0 Å². The molecule has 0 saturated carbocycles. The number of hydrogen-bond acceptors (Lipinski definition) is 4. The molecule has 0 spiro atoms. The lowest BCUT2D eigenvalue weighted by molar-refractivity contribution is -0.143. The van der Waals surface area contributed by atoms with Crippen LogP contribution in [0.3, 0.4) is 0 Å². The third-order valence-electron chi connectivity index (χ3n) is 4.88. The number of carbonyl (C=O) groups is 1. The van der Waals surface area contributed by atoms with E-state index in [2.05, 4.69) is 4.98 Å². The maximum atomic E-state index is 14.2. The summed E-state index contributed by atoms with van der Waals surface area (Å²) in [5.74, 6) is -3.69. The molecule has 0 aliphatic heterocycles. The van der Waals surface area contributed by atoms with Gasteiger partial charge in [0.05, 0.1) is 11.3 Å². The number of benzene rings is 2. The Morgan fingerprint density at radius 1 is 1.21 bits per heavy atom. The predicted molar refractivity (Wildman–Crippen MR) is 107 cm³/mol. The topological polar surface area (TPSA) is 44.1 Å². The molecule has 0 fully saturated rings. The minimum Gasteiger partial charge on any atom is -0.465 e. The van der Waals surface area contributed by atoms with Gasteiger partial charge in [0.25, 0.3) is 0 Å². The van der Waals surface area contributed by atoms with E-state index < -0.39 is 17.5 Å². The quantitative estimate of drug-likeness (QED) is 0.324. The summed E-state index contributed by atoms with van der Waals surface area (Å²) in [7, 11) is 0. The summed E-state index contributed by atoms with van der Waals surface area (Å²) in [5, 5.41) is 1.19. The summed E-state index contributed by atoms with van der Waals surface area (Å²) in [6, 6.07) is 6.18. The summed E-state index contributed by atoms with van der Waals surface area (Å²) in [5.41, 5.74) is 2.76. The van der Waals surface area contributed by atoms with Crippen molar-refractivity contribution in [2.24, 2.45) is 0 Å². The third kappa shape index (κ3) is 3.07. The van der Waals surface area contributed by atoms with E-state index in [0.717, 1.165) is 27.8 Å². The second-order valence-corrected chi connectivity index (χ2v) is 7.67. The zero-order valence-corrected chi connectivity index (χ0v) is 16.8. The van der Waals surface area contributed by atoms with Crippen molar-refractivity contribution >= 4 is 38.4 Å². The number of hydrogen-bond donors (Lipinski definition) is 0. The van der Waals surface area contributed by atoms with E-state index >= 15 is 0 Å². The maximum absolute atomic E-state index is 14.2. The van der Waals surface area contributed by atoms with Gasteiger partial charge in [-0.2, -0.15) is 0 Å². The number of rotatable bonds is 4. The van der Waals surface area contributed by atoms with Crippen LogP contribution in [0.15, 0.2) is 24.3 Å². The van der Waals surface area contributed by atoms with Gasteiger partial charge in [-0.15, -0.1) is 11.3 Å². The molecule has 8 heteroatoms. The van der Waals surface area contributed by atoms with Crippen LogP contribution in [0.25, 0.3) is 31.7 Å². The van der Waals surface area contributed by atoms with Crippen LogP contribution >= 0.6 is 11.3 Å². The first kappa shape index (κ1) is 19.4. The van der Waals surface area contributed by atoms with E-state index in [1.54, 1.807) is 11.5 Å². The van der Waals surface area contributed by atoms with Gasteiger partial charge in [-0.05, 0) is 32.4 Å². The molecule has 4 rings (SSSR count). The van der Waals surface area contributed by atoms with E-state index in [1.807, 2.05) is 32.0 Å². The second kappa shape index (κ2) is 7.18. The molecule has 2 heterocycles. The van der Waals surface area contributed by atoms with Crippen molar-refractivity contribution in [1.29, 1.82) is 0 Å². The molecule has 0 N–H and O–H groups in total. The standard InChI is InChI=1S/C21H17F3N2O2S/c1-4-28-15(27)9-26-11(3)17(16-10(2)6-5-7-14(16)26)21-25-19-18(24)12(22)8-13(23)20(19)29-21/h5-8H,4,9H2,1-3H3. The number of ether oxygens (including phenoxy) is 1. The molecule has 150 valence electrons. The molecule has 4 nitrogen and oxygen atoms in total. The molecule has 0 atom stereocenters. The Hall–Kier alpha value is -2.87. The van der Waals surface area contributed by atoms with E-state index in [0.29, 0.717) is 22.3 Å². The van der Waals surface area contributed by atoms with Crippen molar-refractivity contribution in [2.45, 2.75) is 27.3 Å². The van der Waals surface area contributed by atoms with Crippen LogP contribution in [0.1, 0.15) is 18.2 Å². The fourth-order valence-electron chi connectivity index (χ4n) is 3.59. The minimum atomic E-state index is -1.27. The Morgan fingerprint density at radius 2 is 1.97 bits per heavy atom. The molecular weight excluding hydrogens is 401 g/mol. The first-order valence-corrected chi connectivity index (χ1v) is 9.83. The van der Waals surface area contributed by atoms with Gasteiger partial charge in [-0.1, -0.05) is 12.1 Å². The summed E-state index contributed by atoms with van der Waals surface area (Å²) in [6.07, 6.45) is 0. The number of nitrogens with zero attached hydrogens (tertiary/aromatic N) is 2. The van der Waals surface area contributed by atoms with E-state index in [1.165, 1.54) is 0 Å². The Kier molecular flexibility index (Phi) is 4.82. The van der Waals surface area contributed by atoms with Crippen LogP contribution in [0.4, 0.5) is 13.2 Å². The molecule has 0 radical (unpaired) electrons. The molecule has 0 amide bonds. The van der Waals surface area contributed by atoms with E-state index in [9.17, 15) is 18.0 Å². The Bertz CT molecular complexity index is 1280. The Labute approximate surface area is 168 Å². The van der Waals surface area contributed by atoms with Gasteiger partial charge >= 0.3 is 5.97 Å². The normalized spacial score (nSPS) is 11.5. The van der Waals surface area contributed by atoms with Crippen LogP contribution in [-0.4, -0.2) is 22.1 Å². The number of halogens is 3. The molecule has 0 aliphatic rings. The summed E-state index contributed by atoms with van der Waals surface area (Å²) >= 11 is 0.958. The molecule has 0 aliphatic carbocycles. The van der Waals surface area contributed by atoms with Crippen molar-refractivity contribution in [3.05, 3.63) is 53.0 Å². The molecule has 2 aromatic carbocycles. The molecule has 2 aromatic heterocycles. The number of aromatic nitrogens is 2. The van der Waals surface area contributed by atoms with Gasteiger partial charge in [0.2, 0.25) is 0 Å². The number of fused-ring (bicyclic) bond motifs is 2. The molecular formula is C21H17F3N2O2S. The van der Waals surface area contributed by atoms with Gasteiger partial charge in [0.1, 0.15) is 22.9 Å². The average molecular weight is 418 g/mol. The molecule has 29 heavy (non-hydrogen) atoms. The fraction of sp³-hybridized carbons (Fsp3) is 0.238. The highest BCUT2D eigenvalue weighted by Gasteiger charge is 2.24. The zero-order valence-electron chi connectivity index (χ0n) is 16.0. The smallest absolute Gasteiger partial charge is 0.325 e. The van der Waals surface area contributed by atoms with Gasteiger partial charge in [0.15, 0.2) is 11.6 Å². The Balaban J connectivity index is 2.01. The molecule has 4 aromatic rings. The lowest BCUT2D eigenvalue weighted by atomic mass is 10.1. The third-order valence-corrected chi connectivity index (χ3v) is 5.96. The van der Waals surface area contributed by atoms with Crippen molar-refractivity contribution in [3.8, 4) is 10.6 Å². The number of carbonyl (C=O) groups excluding carboxylic acids is 1. The SMILES string of the molecule is CCOC(=O)Cn1c(C)c(-c2nc3c(F)c(F)cc(F)c3s2)c2c(C)cccc21. The Morgan fingerprint density at radius 3 is 2.69 bits per heavy atom. The fourth-order valence-corrected chi connectivity index (χ4v) is 4.66. The lowest BCUT2D eigenvalue weighted by Gasteiger charge is -2.08. The van der Waals surface area contributed by atoms with Crippen LogP contribution in [-0.2, 0) is 16.1 Å². The van der Waals surface area contributed by atoms with Gasteiger partial charge in [-0.3, -0.25) is 4.79 Å². The average Bonchev–Trinajstić information content (AvgIpc) is 3.22.